The quantitative estimate of drug-likeness (QED) is 0.377. The Morgan fingerprint density at radius 3 is 2.28 bits per heavy atom. The highest BCUT2D eigenvalue weighted by Crippen LogP contribution is 2.54. The third-order valence-corrected chi connectivity index (χ3v) is 10.9. The van der Waals surface area contributed by atoms with Crippen molar-refractivity contribution in [3.05, 3.63) is 74.2 Å². The summed E-state index contributed by atoms with van der Waals surface area (Å²) in [5.74, 6) is -3.53. The number of likely N-dealkylation sites (tertiary alicyclic amines) is 1. The van der Waals surface area contributed by atoms with Crippen molar-refractivity contribution in [1.82, 2.24) is 9.47 Å². The number of hydrogen-bond donors (Lipinski definition) is 0. The van der Waals surface area contributed by atoms with Gasteiger partial charge in [-0.25, -0.2) is 4.90 Å². The first-order valence-electron chi connectivity index (χ1n) is 14.0. The van der Waals surface area contributed by atoms with Crippen LogP contribution in [-0.4, -0.2) is 59.6 Å². The van der Waals surface area contributed by atoms with E-state index in [0.717, 1.165) is 60.2 Å². The predicted octanol–water partition coefficient (Wildman–Crippen LogP) is 4.80. The molecule has 3 atom stereocenters. The van der Waals surface area contributed by atoms with E-state index in [1.165, 1.54) is 16.7 Å². The molecule has 3 aromatic rings. The van der Waals surface area contributed by atoms with E-state index >= 15 is 0 Å². The molecule has 2 fully saturated rings. The molecule has 226 valence electrons. The molecule has 3 aliphatic rings. The number of halogens is 3. The highest BCUT2D eigenvalue weighted by molar-refractivity contribution is 8.00. The van der Waals surface area contributed by atoms with Gasteiger partial charge in [0.25, 0.3) is 0 Å². The number of aromatic nitrogens is 1. The van der Waals surface area contributed by atoms with Gasteiger partial charge in [0.15, 0.2) is 0 Å². The Labute approximate surface area is 254 Å². The number of hydrogen-bond acceptors (Lipinski definition) is 7. The molecule has 2 saturated heterocycles. The Kier molecular flexibility index (Phi) is 7.66. The van der Waals surface area contributed by atoms with Gasteiger partial charge in [-0.05, 0) is 49.1 Å². The van der Waals surface area contributed by atoms with Crippen LogP contribution in [0.2, 0.25) is 0 Å². The first-order chi connectivity index (χ1) is 20.5. The fourth-order valence-electron chi connectivity index (χ4n) is 6.12. The summed E-state index contributed by atoms with van der Waals surface area (Å²) in [5.41, 5.74) is -0.0445. The molecule has 1 aromatic heterocycles. The summed E-state index contributed by atoms with van der Waals surface area (Å²) in [7, 11) is 3.75. The van der Waals surface area contributed by atoms with Gasteiger partial charge >= 0.3 is 11.0 Å². The zero-order chi connectivity index (χ0) is 30.6. The molecule has 0 spiro atoms. The van der Waals surface area contributed by atoms with E-state index in [2.05, 4.69) is 0 Å². The molecule has 0 saturated carbocycles. The van der Waals surface area contributed by atoms with Gasteiger partial charge in [0.1, 0.15) is 11.8 Å². The normalized spacial score (nSPS) is 22.0. The van der Waals surface area contributed by atoms with E-state index in [1.54, 1.807) is 4.90 Å². The molecule has 13 heteroatoms. The minimum absolute atomic E-state index is 0.202. The standard InChI is InChI=1S/C30H29F3N4O4S2/c1-34(2)18-12-10-17(11-13-18)22-23-24(27(40)37(26(23)39)20-9-5-4-8-19(20)30(31,32)33)42-28-25(22)43-29(41)36(28)16-21(38)35-14-6-3-7-15-35/h4-5,8-13,22-24H,3,6-7,14-16H2,1-2H3/t22-,23-,24+/m0/s1. The molecule has 4 heterocycles. The van der Waals surface area contributed by atoms with Crippen LogP contribution in [0.4, 0.5) is 24.5 Å². The third kappa shape index (κ3) is 5.16. The van der Waals surface area contributed by atoms with Gasteiger partial charge in [-0.1, -0.05) is 47.4 Å². The molecule has 0 aliphatic carbocycles. The lowest BCUT2D eigenvalue weighted by molar-refractivity contribution is -0.137. The lowest BCUT2D eigenvalue weighted by atomic mass is 9.83. The van der Waals surface area contributed by atoms with Crippen LogP contribution in [0, 0.1) is 5.92 Å². The van der Waals surface area contributed by atoms with Gasteiger partial charge in [-0.2, -0.15) is 13.2 Å². The monoisotopic (exact) mass is 630 g/mol. The molecular formula is C30H29F3N4O4S2. The number of fused-ring (bicyclic) bond motifs is 2. The van der Waals surface area contributed by atoms with Crippen molar-refractivity contribution < 1.29 is 27.6 Å². The van der Waals surface area contributed by atoms with E-state index in [1.807, 2.05) is 43.3 Å². The van der Waals surface area contributed by atoms with Crippen LogP contribution in [0.1, 0.15) is 41.2 Å². The van der Waals surface area contributed by atoms with Crippen LogP contribution in [0.3, 0.4) is 0 Å². The summed E-state index contributed by atoms with van der Waals surface area (Å²) in [6.45, 7) is 1.02. The largest absolute Gasteiger partial charge is 0.418 e. The second kappa shape index (κ2) is 11.2. The lowest BCUT2D eigenvalue weighted by Gasteiger charge is -2.31. The first kappa shape index (κ1) is 29.5. The fraction of sp³-hybridized carbons (Fsp3) is 0.400. The number of imide groups is 1. The Hall–Kier alpha value is -3.58. The smallest absolute Gasteiger partial charge is 0.378 e. The van der Waals surface area contributed by atoms with Gasteiger partial charge in [0.2, 0.25) is 17.7 Å². The first-order valence-corrected chi connectivity index (χ1v) is 15.7. The average Bonchev–Trinajstić information content (AvgIpc) is 3.43. The van der Waals surface area contributed by atoms with Gasteiger partial charge in [0, 0.05) is 43.7 Å². The minimum atomic E-state index is -4.78. The summed E-state index contributed by atoms with van der Waals surface area (Å²) >= 11 is 1.91. The number of rotatable bonds is 5. The second-order valence-electron chi connectivity index (χ2n) is 11.1. The van der Waals surface area contributed by atoms with Crippen LogP contribution in [0.25, 0.3) is 0 Å². The van der Waals surface area contributed by atoms with Crippen molar-refractivity contribution >= 4 is 52.2 Å². The fourth-order valence-corrected chi connectivity index (χ4v) is 8.89. The number of alkyl halides is 3. The van der Waals surface area contributed by atoms with Crippen molar-refractivity contribution in [3.8, 4) is 0 Å². The average molecular weight is 631 g/mol. The van der Waals surface area contributed by atoms with Crippen molar-refractivity contribution in [2.24, 2.45) is 5.92 Å². The van der Waals surface area contributed by atoms with E-state index in [0.29, 0.717) is 33.5 Å². The number of amides is 3. The molecular weight excluding hydrogens is 601 g/mol. The van der Waals surface area contributed by atoms with Gasteiger partial charge < -0.3 is 9.80 Å². The zero-order valence-electron chi connectivity index (χ0n) is 23.5. The summed E-state index contributed by atoms with van der Waals surface area (Å²) < 4.78 is 43.3. The van der Waals surface area contributed by atoms with E-state index in [9.17, 15) is 32.3 Å². The molecule has 8 nitrogen and oxygen atoms in total. The van der Waals surface area contributed by atoms with Crippen LogP contribution in [-0.2, 0) is 27.1 Å². The number of nitrogens with zero attached hydrogens (tertiary/aromatic N) is 4. The van der Waals surface area contributed by atoms with Crippen LogP contribution in [0.5, 0.6) is 0 Å². The summed E-state index contributed by atoms with van der Waals surface area (Å²) in [6.07, 6.45) is -1.97. The van der Waals surface area contributed by atoms with Gasteiger partial charge in [0.05, 0.1) is 22.2 Å². The number of carbonyl (C=O) groups excluding carboxylic acids is 3. The number of piperidine rings is 1. The van der Waals surface area contributed by atoms with Gasteiger partial charge in [-0.3, -0.25) is 23.7 Å². The Morgan fingerprint density at radius 1 is 0.953 bits per heavy atom. The van der Waals surface area contributed by atoms with Gasteiger partial charge in [-0.15, -0.1) is 0 Å². The van der Waals surface area contributed by atoms with Crippen molar-refractivity contribution in [2.75, 3.05) is 37.0 Å². The van der Waals surface area contributed by atoms with Crippen molar-refractivity contribution in [3.63, 3.8) is 0 Å². The molecule has 0 radical (unpaired) electrons. The summed E-state index contributed by atoms with van der Waals surface area (Å²) in [6, 6.07) is 11.9. The number of thiazole rings is 1. The second-order valence-corrected chi connectivity index (χ2v) is 13.2. The molecule has 2 aromatic carbocycles. The van der Waals surface area contributed by atoms with Crippen LogP contribution in [0.15, 0.2) is 58.4 Å². The Bertz CT molecular complexity index is 1640. The lowest BCUT2D eigenvalue weighted by Crippen LogP contribution is -2.39. The van der Waals surface area contributed by atoms with E-state index in [4.69, 9.17) is 0 Å². The molecule has 0 bridgehead atoms. The van der Waals surface area contributed by atoms with Crippen LogP contribution >= 0.6 is 23.1 Å². The number of para-hydroxylation sites is 1. The Morgan fingerprint density at radius 2 is 1.63 bits per heavy atom. The number of thioether (sulfide) groups is 1. The molecule has 6 rings (SSSR count). The number of anilines is 2. The van der Waals surface area contributed by atoms with Crippen molar-refractivity contribution in [1.29, 1.82) is 0 Å². The molecule has 3 aliphatic heterocycles. The zero-order valence-corrected chi connectivity index (χ0v) is 25.1. The maximum atomic E-state index is 14.0. The molecule has 0 N–H and O–H groups in total. The maximum absolute atomic E-state index is 14.0. The highest BCUT2D eigenvalue weighted by Gasteiger charge is 2.57. The summed E-state index contributed by atoms with van der Waals surface area (Å²) in [5, 5.41) is -0.666. The van der Waals surface area contributed by atoms with E-state index in [-0.39, 0.29) is 17.3 Å². The Balaban J connectivity index is 1.46. The predicted molar refractivity (Wildman–Crippen MR) is 159 cm³/mol. The van der Waals surface area contributed by atoms with Crippen molar-refractivity contribution in [2.45, 2.75) is 48.2 Å². The summed E-state index contributed by atoms with van der Waals surface area (Å²) in [4.78, 5) is 58.9. The third-order valence-electron chi connectivity index (χ3n) is 8.27. The van der Waals surface area contributed by atoms with E-state index < -0.39 is 46.3 Å². The number of carbonyl (C=O) groups is 3. The van der Waals surface area contributed by atoms with Crippen LogP contribution < -0.4 is 14.7 Å². The number of benzene rings is 2. The molecule has 0 unspecified atom stereocenters. The molecule has 43 heavy (non-hydrogen) atoms. The SMILES string of the molecule is CN(C)c1ccc([C@@H]2c3sc(=O)n(CC(=O)N4CCCCC4)c3S[C@H]3C(=O)N(c4ccccc4C(F)(F)F)C(=O)[C@@H]23)cc1. The highest BCUT2D eigenvalue weighted by atomic mass is 32.2. The minimum Gasteiger partial charge on any atom is -0.378 e. The molecule has 3 amide bonds. The maximum Gasteiger partial charge on any atom is 0.418 e. The topological polar surface area (TPSA) is 82.9 Å².